The molecule has 0 saturated heterocycles. The fourth-order valence-corrected chi connectivity index (χ4v) is 2.27. The van der Waals surface area contributed by atoms with E-state index < -0.39 is 27.4 Å². The van der Waals surface area contributed by atoms with Crippen molar-refractivity contribution in [3.8, 4) is 0 Å². The lowest BCUT2D eigenvalue weighted by Gasteiger charge is -2.07. The van der Waals surface area contributed by atoms with Crippen LogP contribution in [0.4, 0.5) is 14.5 Å². The van der Waals surface area contributed by atoms with E-state index in [0.717, 1.165) is 18.4 Å². The van der Waals surface area contributed by atoms with E-state index in [1.165, 1.54) is 24.3 Å². The molecular formula is C14H11F2NO3S. The van der Waals surface area contributed by atoms with Gasteiger partial charge in [-0.15, -0.1) is 0 Å². The second-order valence-corrected chi connectivity index (χ2v) is 6.39. The molecule has 21 heavy (non-hydrogen) atoms. The lowest BCUT2D eigenvalue weighted by molar-refractivity contribution is 0.102. The molecule has 0 bridgehead atoms. The van der Waals surface area contributed by atoms with Crippen molar-refractivity contribution in [3.63, 3.8) is 0 Å². The van der Waals surface area contributed by atoms with Gasteiger partial charge in [0.15, 0.2) is 9.84 Å². The maximum Gasteiger partial charge on any atom is 0.255 e. The molecule has 2 rings (SSSR count). The molecule has 0 spiro atoms. The molecule has 1 N–H and O–H groups in total. The maximum absolute atomic E-state index is 13.4. The summed E-state index contributed by atoms with van der Waals surface area (Å²) in [5.74, 6) is -2.26. The molecular weight excluding hydrogens is 300 g/mol. The summed E-state index contributed by atoms with van der Waals surface area (Å²) in [6, 6.07) is 7.97. The van der Waals surface area contributed by atoms with Gasteiger partial charge < -0.3 is 5.32 Å². The lowest BCUT2D eigenvalue weighted by atomic mass is 10.2. The number of anilines is 1. The highest BCUT2D eigenvalue weighted by Gasteiger charge is 2.12. The maximum atomic E-state index is 13.4. The summed E-state index contributed by atoms with van der Waals surface area (Å²) in [6.45, 7) is 0. The minimum Gasteiger partial charge on any atom is -0.319 e. The van der Waals surface area contributed by atoms with Crippen LogP contribution < -0.4 is 5.32 Å². The fourth-order valence-electron chi connectivity index (χ4n) is 1.64. The number of carbonyl (C=O) groups is 1. The molecule has 2 aromatic carbocycles. The van der Waals surface area contributed by atoms with Crippen molar-refractivity contribution in [2.45, 2.75) is 4.90 Å². The first-order valence-corrected chi connectivity index (χ1v) is 7.73. The summed E-state index contributed by atoms with van der Waals surface area (Å²) in [4.78, 5) is 12.0. The van der Waals surface area contributed by atoms with Crippen molar-refractivity contribution in [1.82, 2.24) is 0 Å². The highest BCUT2D eigenvalue weighted by Crippen LogP contribution is 2.17. The number of carbonyl (C=O) groups excluding carboxylic acids is 1. The van der Waals surface area contributed by atoms with E-state index in [4.69, 9.17) is 0 Å². The second-order valence-electron chi connectivity index (χ2n) is 4.37. The van der Waals surface area contributed by atoms with Gasteiger partial charge in [-0.2, -0.15) is 0 Å². The van der Waals surface area contributed by atoms with Crippen LogP contribution in [0.5, 0.6) is 0 Å². The Kier molecular flexibility index (Phi) is 4.04. The summed E-state index contributed by atoms with van der Waals surface area (Å²) in [6.07, 6.45) is 1.05. The Morgan fingerprint density at radius 2 is 1.67 bits per heavy atom. The quantitative estimate of drug-likeness (QED) is 0.948. The van der Waals surface area contributed by atoms with Crippen LogP contribution >= 0.6 is 0 Å². The van der Waals surface area contributed by atoms with E-state index in [0.29, 0.717) is 6.07 Å². The van der Waals surface area contributed by atoms with Gasteiger partial charge in [-0.1, -0.05) is 0 Å². The summed E-state index contributed by atoms with van der Waals surface area (Å²) in [5.41, 5.74) is -0.000264. The molecule has 7 heteroatoms. The highest BCUT2D eigenvalue weighted by molar-refractivity contribution is 7.90. The summed E-state index contributed by atoms with van der Waals surface area (Å²) >= 11 is 0. The largest absolute Gasteiger partial charge is 0.319 e. The molecule has 0 atom stereocenters. The van der Waals surface area contributed by atoms with Crippen LogP contribution in [0, 0.1) is 11.6 Å². The number of benzene rings is 2. The van der Waals surface area contributed by atoms with Gasteiger partial charge in [0.05, 0.1) is 10.6 Å². The van der Waals surface area contributed by atoms with Crippen molar-refractivity contribution in [2.24, 2.45) is 0 Å². The van der Waals surface area contributed by atoms with E-state index in [9.17, 15) is 22.0 Å². The molecule has 0 aliphatic heterocycles. The van der Waals surface area contributed by atoms with E-state index in [2.05, 4.69) is 5.32 Å². The van der Waals surface area contributed by atoms with Crippen molar-refractivity contribution in [3.05, 3.63) is 59.7 Å². The molecule has 4 nitrogen and oxygen atoms in total. The first-order chi connectivity index (χ1) is 9.77. The van der Waals surface area contributed by atoms with Crippen LogP contribution in [0.2, 0.25) is 0 Å². The van der Waals surface area contributed by atoms with E-state index in [1.54, 1.807) is 0 Å². The summed E-state index contributed by atoms with van der Waals surface area (Å²) < 4.78 is 48.8. The van der Waals surface area contributed by atoms with Gasteiger partial charge in [0.2, 0.25) is 0 Å². The van der Waals surface area contributed by atoms with Crippen LogP contribution in [-0.4, -0.2) is 20.6 Å². The van der Waals surface area contributed by atoms with Gasteiger partial charge in [0.25, 0.3) is 5.91 Å². The Morgan fingerprint density at radius 1 is 1.05 bits per heavy atom. The van der Waals surface area contributed by atoms with Gasteiger partial charge in [0.1, 0.15) is 11.6 Å². The standard InChI is InChI=1S/C14H11F2NO3S/c1-21(19,20)11-5-2-9(3-6-11)14(18)17-13-7-4-10(15)8-12(13)16/h2-8H,1H3,(H,17,18). The predicted octanol–water partition coefficient (Wildman–Crippen LogP) is 2.62. The third kappa shape index (κ3) is 3.63. The summed E-state index contributed by atoms with van der Waals surface area (Å²) in [7, 11) is -3.35. The molecule has 0 saturated carbocycles. The van der Waals surface area contributed by atoms with Crippen molar-refractivity contribution >= 4 is 21.4 Å². The van der Waals surface area contributed by atoms with E-state index >= 15 is 0 Å². The molecule has 0 aromatic heterocycles. The molecule has 0 heterocycles. The average molecular weight is 311 g/mol. The molecule has 0 aliphatic rings. The minimum absolute atomic E-state index is 0.0759. The zero-order chi connectivity index (χ0) is 15.6. The van der Waals surface area contributed by atoms with Crippen LogP contribution in [0.3, 0.4) is 0 Å². The van der Waals surface area contributed by atoms with Crippen molar-refractivity contribution < 1.29 is 22.0 Å². The van der Waals surface area contributed by atoms with Crippen LogP contribution in [-0.2, 0) is 9.84 Å². The number of hydrogen-bond donors (Lipinski definition) is 1. The van der Waals surface area contributed by atoms with Crippen LogP contribution in [0.1, 0.15) is 10.4 Å². The molecule has 0 unspecified atom stereocenters. The topological polar surface area (TPSA) is 63.2 Å². The predicted molar refractivity (Wildman–Crippen MR) is 73.9 cm³/mol. The molecule has 0 aliphatic carbocycles. The number of amides is 1. The monoisotopic (exact) mass is 311 g/mol. The molecule has 0 fully saturated rings. The Hall–Kier alpha value is -2.28. The smallest absolute Gasteiger partial charge is 0.255 e. The second kappa shape index (κ2) is 5.61. The third-order valence-electron chi connectivity index (χ3n) is 2.72. The number of hydrogen-bond acceptors (Lipinski definition) is 3. The van der Waals surface area contributed by atoms with E-state index in [1.807, 2.05) is 0 Å². The average Bonchev–Trinajstić information content (AvgIpc) is 2.41. The Labute approximate surface area is 120 Å². The van der Waals surface area contributed by atoms with Gasteiger partial charge >= 0.3 is 0 Å². The highest BCUT2D eigenvalue weighted by atomic mass is 32.2. The van der Waals surface area contributed by atoms with Gasteiger partial charge in [-0.3, -0.25) is 4.79 Å². The van der Waals surface area contributed by atoms with Gasteiger partial charge in [-0.05, 0) is 36.4 Å². The van der Waals surface area contributed by atoms with Crippen molar-refractivity contribution in [1.29, 1.82) is 0 Å². The molecule has 110 valence electrons. The first kappa shape index (κ1) is 15.1. The fraction of sp³-hybridized carbons (Fsp3) is 0.0714. The van der Waals surface area contributed by atoms with Gasteiger partial charge in [0, 0.05) is 17.9 Å². The number of halogens is 2. The van der Waals surface area contributed by atoms with E-state index in [-0.39, 0.29) is 16.1 Å². The first-order valence-electron chi connectivity index (χ1n) is 5.84. The molecule has 1 amide bonds. The molecule has 2 aromatic rings. The normalized spacial score (nSPS) is 11.2. The third-order valence-corrected chi connectivity index (χ3v) is 3.85. The van der Waals surface area contributed by atoms with Crippen molar-refractivity contribution in [2.75, 3.05) is 11.6 Å². The molecule has 0 radical (unpaired) electrons. The zero-order valence-electron chi connectivity index (χ0n) is 10.9. The van der Waals surface area contributed by atoms with Crippen LogP contribution in [0.15, 0.2) is 47.4 Å². The van der Waals surface area contributed by atoms with Gasteiger partial charge in [-0.25, -0.2) is 17.2 Å². The Bertz CT molecular complexity index is 786. The number of nitrogens with one attached hydrogen (secondary N) is 1. The lowest BCUT2D eigenvalue weighted by Crippen LogP contribution is -2.13. The Balaban J connectivity index is 2.21. The number of rotatable bonds is 3. The Morgan fingerprint density at radius 3 is 2.19 bits per heavy atom. The SMILES string of the molecule is CS(=O)(=O)c1ccc(C(=O)Nc2ccc(F)cc2F)cc1. The summed E-state index contributed by atoms with van der Waals surface area (Å²) in [5, 5.41) is 2.28. The minimum atomic E-state index is -3.35. The van der Waals surface area contributed by atoms with Crippen LogP contribution in [0.25, 0.3) is 0 Å². The number of sulfone groups is 1. The zero-order valence-corrected chi connectivity index (χ0v) is 11.7.